The number of anilines is 8. The number of aliphatic hydroxyl groups is 3. The van der Waals surface area contributed by atoms with Crippen molar-refractivity contribution in [1.29, 1.82) is 0 Å². The number of benzene rings is 6. The summed E-state index contributed by atoms with van der Waals surface area (Å²) in [5, 5.41) is 111. The van der Waals surface area contributed by atoms with Gasteiger partial charge in [-0.25, -0.2) is 14.4 Å². The first kappa shape index (κ1) is 77.7. The van der Waals surface area contributed by atoms with E-state index in [4.69, 9.17) is 14.2 Å². The number of carboxylic acid groups (broad SMARTS) is 3. The highest BCUT2D eigenvalue weighted by molar-refractivity contribution is 8.76. The number of phenolic OH excluding ortho intramolecular Hbond substituents is 2. The number of aromatic nitrogens is 6. The maximum atomic E-state index is 12.9. The molecule has 2 unspecified atom stereocenters. The molecule has 0 aliphatic rings. The Hall–Kier alpha value is -10.0. The summed E-state index contributed by atoms with van der Waals surface area (Å²) >= 11 is 0. The lowest BCUT2D eigenvalue weighted by Crippen LogP contribution is -2.33. The highest BCUT2D eigenvalue weighted by Gasteiger charge is 2.30. The van der Waals surface area contributed by atoms with Crippen LogP contribution < -0.4 is 31.9 Å². The Morgan fingerprint density at radius 2 is 0.892 bits per heavy atom. The predicted octanol–water partition coefficient (Wildman–Crippen LogP) is 4.97. The lowest BCUT2D eigenvalue weighted by Gasteiger charge is -2.20. The van der Waals surface area contributed by atoms with Crippen molar-refractivity contribution in [1.82, 2.24) is 29.9 Å². The summed E-state index contributed by atoms with van der Waals surface area (Å²) in [4.78, 5) is 58.2. The molecule has 8 rings (SSSR count). The zero-order chi connectivity index (χ0) is 74.3. The zero-order valence-electron chi connectivity index (χ0n) is 51.5. The number of nitrogens with zero attached hydrogens (tertiary/aromatic N) is 10. The van der Waals surface area contributed by atoms with Gasteiger partial charge in [0.1, 0.15) is 51.6 Å². The third-order valence-electron chi connectivity index (χ3n) is 13.2. The molecule has 6 aromatic carbocycles. The minimum atomic E-state index is -5.39. The summed E-state index contributed by atoms with van der Waals surface area (Å²) in [6, 6.07) is 12.6. The second-order valence-corrected chi connectivity index (χ2v) is 28.3. The van der Waals surface area contributed by atoms with E-state index in [-0.39, 0.29) is 87.5 Å². The number of carboxylic acids is 3. The molecule has 0 saturated heterocycles. The van der Waals surface area contributed by atoms with Crippen LogP contribution >= 0.6 is 21.6 Å². The van der Waals surface area contributed by atoms with Gasteiger partial charge in [-0.05, 0) is 71.4 Å². The number of fused-ring (bicyclic) bond motifs is 2. The Bertz CT molecular complexity index is 5030. The quantitative estimate of drug-likeness (QED) is 0.00798. The van der Waals surface area contributed by atoms with Crippen LogP contribution in [-0.2, 0) is 59.5 Å². The van der Waals surface area contributed by atoms with E-state index in [0.29, 0.717) is 18.2 Å². The highest BCUT2D eigenvalue weighted by atomic mass is 33.1. The molecular formula is C54H56N16O26S6. The first-order chi connectivity index (χ1) is 48.3. The van der Waals surface area contributed by atoms with Crippen LogP contribution in [0.4, 0.5) is 69.8 Å². The topological polar surface area (TPSA) is 657 Å². The molecule has 2 aromatic heterocycles. The van der Waals surface area contributed by atoms with Crippen molar-refractivity contribution in [3.05, 3.63) is 96.1 Å². The van der Waals surface area contributed by atoms with Crippen LogP contribution in [-0.4, -0.2) is 224 Å². The number of azo groups is 2. The van der Waals surface area contributed by atoms with Gasteiger partial charge < -0.3 is 87.0 Å². The summed E-state index contributed by atoms with van der Waals surface area (Å²) < 4.78 is 159. The molecule has 102 heavy (non-hydrogen) atoms. The van der Waals surface area contributed by atoms with Crippen LogP contribution in [0.15, 0.2) is 125 Å². The second-order valence-electron chi connectivity index (χ2n) is 20.1. The van der Waals surface area contributed by atoms with Gasteiger partial charge in [0.15, 0.2) is 11.5 Å². The molecule has 0 bridgehead atoms. The monoisotopic (exact) mass is 1540 g/mol. The van der Waals surface area contributed by atoms with Gasteiger partial charge in [0, 0.05) is 35.4 Å². The van der Waals surface area contributed by atoms with Crippen LogP contribution in [0, 0.1) is 0 Å². The summed E-state index contributed by atoms with van der Waals surface area (Å²) in [6.45, 7) is -2.06. The van der Waals surface area contributed by atoms with E-state index in [1.165, 1.54) is 36.4 Å². The van der Waals surface area contributed by atoms with Crippen LogP contribution in [0.3, 0.4) is 0 Å². The van der Waals surface area contributed by atoms with Gasteiger partial charge in [-0.2, -0.15) is 63.6 Å². The van der Waals surface area contributed by atoms with Gasteiger partial charge in [-0.1, -0.05) is 45.9 Å². The Kier molecular flexibility index (Phi) is 26.0. The SMILES string of the molecule is O=C(O)c1ccccc1N=Nc1c(S(=O)(=O)O)cc2cc(S(=O)(=O)O)cc(Nc3nc(NCCOCCO)nc(NC(CSSCC(Nc4nc(NCCOCCO)nc(Nc5cc(S(=O)(=O)O)cc6cc(S(=O)(=O)O)c(N=Nc7ccccc7C(=O)O)c(O)c56)n4)C(=O)O)OCO)n3)c2c1O. The van der Waals surface area contributed by atoms with Crippen molar-refractivity contribution < 1.29 is 121 Å². The molecule has 0 spiro atoms. The Morgan fingerprint density at radius 3 is 1.28 bits per heavy atom. The van der Waals surface area contributed by atoms with Gasteiger partial charge >= 0.3 is 17.9 Å². The number of nitrogens with one attached hydrogen (secondary N) is 6. The van der Waals surface area contributed by atoms with Crippen molar-refractivity contribution in [2.75, 3.05) is 103 Å². The van der Waals surface area contributed by atoms with Crippen LogP contribution in [0.1, 0.15) is 20.7 Å². The third-order valence-corrected chi connectivity index (χ3v) is 19.0. The number of aliphatic hydroxyl groups excluding tert-OH is 3. The van der Waals surface area contributed by atoms with Crippen molar-refractivity contribution in [3.8, 4) is 11.5 Å². The van der Waals surface area contributed by atoms with Gasteiger partial charge in [0.25, 0.3) is 40.5 Å². The molecule has 2 heterocycles. The van der Waals surface area contributed by atoms with E-state index in [0.717, 1.165) is 51.9 Å². The van der Waals surface area contributed by atoms with Crippen molar-refractivity contribution in [2.24, 2.45) is 20.5 Å². The molecule has 544 valence electrons. The molecule has 42 nitrogen and oxygen atoms in total. The Morgan fingerprint density at radius 1 is 0.490 bits per heavy atom. The highest BCUT2D eigenvalue weighted by Crippen LogP contribution is 2.48. The van der Waals surface area contributed by atoms with Gasteiger partial charge in [-0.15, -0.1) is 20.5 Å². The standard InChI is InChI=1S/C54H56N16O26S6/c71-11-15-94-13-9-55-49-61-51(57-34-21-28(99(82,83)84)17-26-19-37(101(88,89)90)42(44(74)40(26)34)69-67-32-7-3-1-5-30(32)46(76)77)65-53(63-49)59-36(48(80)81)23-97-98-24-39(96-25-73)60-54-64-50(56-10-14-95-16-12-72)62-52(66-54)58-35-22-29(100(85,86)87)18-27-20-38(102(91,92)93)43(45(75)41(27)35)70-68-33-8-4-2-6-31(33)47(78)79/h1-8,17-22,36,39,71-75H,9-16,23-25H2,(H,76,77)(H,78,79)(H,80,81)(H,82,83,84)(H,85,86,87)(H,88,89,90)(H,91,92,93)(H3,55,57,59,61,63,65)(H3,56,58,60,62,64,66). The molecule has 0 radical (unpaired) electrons. The number of phenols is 2. The molecule has 2 atom stereocenters. The normalized spacial score (nSPS) is 12.8. The second kappa shape index (κ2) is 34.1. The summed E-state index contributed by atoms with van der Waals surface area (Å²) in [5.74, 6) is -9.92. The molecule has 0 aliphatic heterocycles. The predicted molar refractivity (Wildman–Crippen MR) is 360 cm³/mol. The minimum Gasteiger partial charge on any atom is -0.505 e. The van der Waals surface area contributed by atoms with Crippen molar-refractivity contribution >= 4 is 171 Å². The van der Waals surface area contributed by atoms with E-state index in [1.807, 2.05) is 0 Å². The summed E-state index contributed by atoms with van der Waals surface area (Å²) in [6.07, 6.45) is -1.31. The number of carbonyl (C=O) groups is 3. The zero-order valence-corrected chi connectivity index (χ0v) is 56.4. The van der Waals surface area contributed by atoms with E-state index in [9.17, 15) is 107 Å². The average molecular weight is 1540 g/mol. The molecular weight excluding hydrogens is 1480 g/mol. The van der Waals surface area contributed by atoms with Crippen molar-refractivity contribution in [2.45, 2.75) is 31.9 Å². The number of aliphatic carboxylic acids is 1. The molecule has 0 amide bonds. The van der Waals surface area contributed by atoms with Gasteiger partial charge in [-0.3, -0.25) is 18.2 Å². The maximum absolute atomic E-state index is 12.9. The molecule has 18 N–H and O–H groups in total. The lowest BCUT2D eigenvalue weighted by atomic mass is 10.1. The number of rotatable bonds is 38. The first-order valence-electron chi connectivity index (χ1n) is 28.5. The molecule has 8 aromatic rings. The number of hydrogen-bond donors (Lipinski definition) is 18. The van der Waals surface area contributed by atoms with E-state index >= 15 is 0 Å². The smallest absolute Gasteiger partial charge is 0.337 e. The molecule has 0 fully saturated rings. The molecule has 48 heteroatoms. The third kappa shape index (κ3) is 20.6. The van der Waals surface area contributed by atoms with Gasteiger partial charge in [0.05, 0.1) is 71.9 Å². The largest absolute Gasteiger partial charge is 0.505 e. The van der Waals surface area contributed by atoms with E-state index in [2.05, 4.69) is 82.3 Å². The average Bonchev–Trinajstić information content (AvgIpc) is 0.753. The van der Waals surface area contributed by atoms with Crippen LogP contribution in [0.25, 0.3) is 21.5 Å². The number of ether oxygens (including phenoxy) is 3. The fourth-order valence-corrected chi connectivity index (χ4v) is 13.4. The van der Waals surface area contributed by atoms with Crippen LogP contribution in [0.5, 0.6) is 11.5 Å². The maximum Gasteiger partial charge on any atom is 0.337 e. The Labute approximate surface area is 582 Å². The first-order valence-corrected chi connectivity index (χ1v) is 36.7. The molecule has 0 aliphatic carbocycles. The van der Waals surface area contributed by atoms with Crippen LogP contribution in [0.2, 0.25) is 0 Å². The summed E-state index contributed by atoms with van der Waals surface area (Å²) in [5.41, 5.74) is -4.56. The van der Waals surface area contributed by atoms with E-state index in [1.54, 1.807) is 0 Å². The van der Waals surface area contributed by atoms with Gasteiger partial charge in [0.2, 0.25) is 35.7 Å². The summed E-state index contributed by atoms with van der Waals surface area (Å²) in [7, 11) is -19.4. The number of hydrogen-bond acceptors (Lipinski definition) is 37. The number of aromatic carboxylic acids is 2. The fourth-order valence-electron chi connectivity index (χ4n) is 8.81. The van der Waals surface area contributed by atoms with E-state index < -0.39 is 188 Å². The lowest BCUT2D eigenvalue weighted by molar-refractivity contribution is -0.137. The Balaban J connectivity index is 1.09. The molecule has 0 saturated carbocycles. The minimum absolute atomic E-state index is 0.0489. The van der Waals surface area contributed by atoms with Crippen molar-refractivity contribution in [3.63, 3.8) is 0 Å². The fraction of sp³-hybridized carbons (Fsp3) is 0.241. The number of aromatic hydroxyl groups is 2.